The Morgan fingerprint density at radius 1 is 1.10 bits per heavy atom. The molecule has 21 heavy (non-hydrogen) atoms. The van der Waals surface area contributed by atoms with Gasteiger partial charge >= 0.3 is 0 Å². The molecule has 1 aromatic rings. The van der Waals surface area contributed by atoms with Crippen LogP contribution in [0.4, 0.5) is 0 Å². The molecule has 0 saturated heterocycles. The summed E-state index contributed by atoms with van der Waals surface area (Å²) in [6.45, 7) is 4.62. The van der Waals surface area contributed by atoms with E-state index in [1.807, 2.05) is 26.1 Å². The molecule has 0 aliphatic carbocycles. The minimum Gasteiger partial charge on any atom is -0.381 e. The van der Waals surface area contributed by atoms with Gasteiger partial charge in [0, 0.05) is 19.8 Å². The summed E-state index contributed by atoms with van der Waals surface area (Å²) in [5.74, 6) is 0. The maximum atomic E-state index is 12.1. The molecule has 5 nitrogen and oxygen atoms in total. The summed E-state index contributed by atoms with van der Waals surface area (Å²) < 4.78 is 32.1. The third-order valence-electron chi connectivity index (χ3n) is 3.00. The number of benzene rings is 1. The highest BCUT2D eigenvalue weighted by molar-refractivity contribution is 7.89. The molecule has 0 aromatic heterocycles. The van der Waals surface area contributed by atoms with Crippen molar-refractivity contribution in [3.05, 3.63) is 29.8 Å². The number of hydrogen-bond acceptors (Lipinski definition) is 4. The van der Waals surface area contributed by atoms with Gasteiger partial charge in [-0.1, -0.05) is 19.1 Å². The zero-order valence-electron chi connectivity index (χ0n) is 12.9. The predicted octanol–water partition coefficient (Wildman–Crippen LogP) is 1.54. The van der Waals surface area contributed by atoms with Crippen LogP contribution in [0.1, 0.15) is 25.3 Å². The zero-order chi connectivity index (χ0) is 15.6. The molecule has 0 atom stereocenters. The molecule has 0 heterocycles. The van der Waals surface area contributed by atoms with Gasteiger partial charge in [-0.3, -0.25) is 0 Å². The predicted molar refractivity (Wildman–Crippen MR) is 85.0 cm³/mol. The van der Waals surface area contributed by atoms with Crippen LogP contribution in [-0.4, -0.2) is 41.8 Å². The molecule has 0 aliphatic rings. The average molecular weight is 314 g/mol. The van der Waals surface area contributed by atoms with Crippen LogP contribution in [0.5, 0.6) is 0 Å². The van der Waals surface area contributed by atoms with E-state index < -0.39 is 10.0 Å². The molecule has 0 spiro atoms. The fraction of sp³-hybridized carbons (Fsp3) is 0.600. The molecule has 120 valence electrons. The van der Waals surface area contributed by atoms with E-state index in [2.05, 4.69) is 10.0 Å². The smallest absolute Gasteiger partial charge is 0.240 e. The number of sulfonamides is 1. The van der Waals surface area contributed by atoms with E-state index in [0.717, 1.165) is 31.6 Å². The van der Waals surface area contributed by atoms with Crippen LogP contribution >= 0.6 is 0 Å². The molecular weight excluding hydrogens is 288 g/mol. The first kappa shape index (κ1) is 18.1. The standard InChI is InChI=1S/C15H26N2O3S/c1-3-12-20-13-4-10-17-21(18,19)15-7-5-14(6-8-15)9-11-16-2/h5-8,16-17H,3-4,9-13H2,1-2H3. The highest BCUT2D eigenvalue weighted by Crippen LogP contribution is 2.10. The van der Waals surface area contributed by atoms with Gasteiger partial charge < -0.3 is 10.1 Å². The Balaban J connectivity index is 2.42. The third kappa shape index (κ3) is 7.04. The SMILES string of the molecule is CCCOCCCNS(=O)(=O)c1ccc(CCNC)cc1. The van der Waals surface area contributed by atoms with Crippen LogP contribution in [0.15, 0.2) is 29.2 Å². The van der Waals surface area contributed by atoms with Crippen molar-refractivity contribution in [1.82, 2.24) is 10.0 Å². The second-order valence-electron chi connectivity index (χ2n) is 4.86. The first-order chi connectivity index (χ1) is 10.1. The molecule has 0 unspecified atom stereocenters. The summed E-state index contributed by atoms with van der Waals surface area (Å²) in [6.07, 6.45) is 2.55. The molecule has 1 aromatic carbocycles. The van der Waals surface area contributed by atoms with E-state index in [0.29, 0.717) is 24.5 Å². The molecule has 6 heteroatoms. The van der Waals surface area contributed by atoms with Gasteiger partial charge in [-0.2, -0.15) is 0 Å². The highest BCUT2D eigenvalue weighted by Gasteiger charge is 2.12. The lowest BCUT2D eigenvalue weighted by Crippen LogP contribution is -2.25. The molecule has 0 bridgehead atoms. The zero-order valence-corrected chi connectivity index (χ0v) is 13.7. The van der Waals surface area contributed by atoms with Gasteiger partial charge in [0.2, 0.25) is 10.0 Å². The average Bonchev–Trinajstić information content (AvgIpc) is 2.49. The Bertz CT molecular complexity index is 486. The summed E-state index contributed by atoms with van der Waals surface area (Å²) in [7, 11) is -1.52. The summed E-state index contributed by atoms with van der Waals surface area (Å²) in [4.78, 5) is 0.310. The number of hydrogen-bond donors (Lipinski definition) is 2. The van der Waals surface area contributed by atoms with Crippen molar-refractivity contribution in [1.29, 1.82) is 0 Å². The number of rotatable bonds is 11. The molecule has 2 N–H and O–H groups in total. The van der Waals surface area contributed by atoms with Crippen LogP contribution < -0.4 is 10.0 Å². The van der Waals surface area contributed by atoms with Gasteiger partial charge in [-0.05, 0) is 50.6 Å². The van der Waals surface area contributed by atoms with Crippen LogP contribution in [0.2, 0.25) is 0 Å². The molecule has 0 fully saturated rings. The third-order valence-corrected chi connectivity index (χ3v) is 4.48. The first-order valence-electron chi connectivity index (χ1n) is 7.41. The van der Waals surface area contributed by atoms with E-state index in [1.165, 1.54) is 0 Å². The minimum atomic E-state index is -3.41. The monoisotopic (exact) mass is 314 g/mol. The molecule has 0 amide bonds. The summed E-state index contributed by atoms with van der Waals surface area (Å²) in [5.41, 5.74) is 1.12. The van der Waals surface area contributed by atoms with E-state index in [1.54, 1.807) is 12.1 Å². The van der Waals surface area contributed by atoms with Gasteiger partial charge in [0.1, 0.15) is 0 Å². The van der Waals surface area contributed by atoms with E-state index >= 15 is 0 Å². The largest absolute Gasteiger partial charge is 0.381 e. The van der Waals surface area contributed by atoms with Crippen molar-refractivity contribution in [2.24, 2.45) is 0 Å². The van der Waals surface area contributed by atoms with Crippen LogP contribution in [0.3, 0.4) is 0 Å². The molecule has 1 rings (SSSR count). The first-order valence-corrected chi connectivity index (χ1v) is 8.89. The number of nitrogens with one attached hydrogen (secondary N) is 2. The lowest BCUT2D eigenvalue weighted by Gasteiger charge is -2.08. The Morgan fingerprint density at radius 3 is 2.43 bits per heavy atom. The van der Waals surface area contributed by atoms with E-state index in [9.17, 15) is 8.42 Å². The summed E-state index contributed by atoms with van der Waals surface area (Å²) >= 11 is 0. The van der Waals surface area contributed by atoms with Gasteiger partial charge in [-0.25, -0.2) is 13.1 Å². The quantitative estimate of drug-likeness (QED) is 0.608. The fourth-order valence-electron chi connectivity index (χ4n) is 1.82. The van der Waals surface area contributed by atoms with Crippen molar-refractivity contribution < 1.29 is 13.2 Å². The second-order valence-corrected chi connectivity index (χ2v) is 6.63. The second kappa shape index (κ2) is 9.89. The molecular formula is C15H26N2O3S. The van der Waals surface area contributed by atoms with Crippen molar-refractivity contribution in [2.45, 2.75) is 31.1 Å². The Kier molecular flexibility index (Phi) is 8.52. The number of likely N-dealkylation sites (N-methyl/N-ethyl adjacent to an activating group) is 1. The van der Waals surface area contributed by atoms with Gasteiger partial charge in [0.15, 0.2) is 0 Å². The van der Waals surface area contributed by atoms with Crippen molar-refractivity contribution in [2.75, 3.05) is 33.4 Å². The molecule has 0 saturated carbocycles. The Morgan fingerprint density at radius 2 is 1.81 bits per heavy atom. The molecule has 0 aliphatic heterocycles. The Labute approximate surface area is 128 Å². The minimum absolute atomic E-state index is 0.310. The van der Waals surface area contributed by atoms with Crippen LogP contribution in [0, 0.1) is 0 Å². The van der Waals surface area contributed by atoms with Gasteiger partial charge in [0.25, 0.3) is 0 Å². The number of ether oxygens (including phenoxy) is 1. The maximum Gasteiger partial charge on any atom is 0.240 e. The van der Waals surface area contributed by atoms with Crippen LogP contribution in [0.25, 0.3) is 0 Å². The van der Waals surface area contributed by atoms with E-state index in [-0.39, 0.29) is 0 Å². The lowest BCUT2D eigenvalue weighted by atomic mass is 10.1. The fourth-order valence-corrected chi connectivity index (χ4v) is 2.89. The topological polar surface area (TPSA) is 67.4 Å². The van der Waals surface area contributed by atoms with E-state index in [4.69, 9.17) is 4.74 Å². The molecule has 0 radical (unpaired) electrons. The summed E-state index contributed by atoms with van der Waals surface area (Å²) in [6, 6.07) is 7.02. The van der Waals surface area contributed by atoms with Crippen molar-refractivity contribution in [3.8, 4) is 0 Å². The van der Waals surface area contributed by atoms with Crippen molar-refractivity contribution in [3.63, 3.8) is 0 Å². The van der Waals surface area contributed by atoms with Crippen molar-refractivity contribution >= 4 is 10.0 Å². The van der Waals surface area contributed by atoms with Gasteiger partial charge in [0.05, 0.1) is 4.90 Å². The van der Waals surface area contributed by atoms with Crippen LogP contribution in [-0.2, 0) is 21.2 Å². The lowest BCUT2D eigenvalue weighted by molar-refractivity contribution is 0.133. The Hall–Kier alpha value is -0.950. The maximum absolute atomic E-state index is 12.1. The highest BCUT2D eigenvalue weighted by atomic mass is 32.2. The van der Waals surface area contributed by atoms with Gasteiger partial charge in [-0.15, -0.1) is 0 Å². The normalized spacial score (nSPS) is 11.7. The summed E-state index contributed by atoms with van der Waals surface area (Å²) in [5, 5.41) is 3.07.